The lowest BCUT2D eigenvalue weighted by Gasteiger charge is -2.42. The van der Waals surface area contributed by atoms with Crippen LogP contribution in [0.1, 0.15) is 25.7 Å². The summed E-state index contributed by atoms with van der Waals surface area (Å²) >= 11 is 1.74. The van der Waals surface area contributed by atoms with Crippen molar-refractivity contribution in [2.75, 3.05) is 14.1 Å². The fourth-order valence-electron chi connectivity index (χ4n) is 2.66. The van der Waals surface area contributed by atoms with Crippen LogP contribution in [0.2, 0.25) is 0 Å². The van der Waals surface area contributed by atoms with Crippen molar-refractivity contribution in [3.63, 3.8) is 0 Å². The van der Waals surface area contributed by atoms with E-state index in [1.807, 2.05) is 23.9 Å². The van der Waals surface area contributed by atoms with Crippen LogP contribution in [0.5, 0.6) is 0 Å². The second kappa shape index (κ2) is 4.44. The van der Waals surface area contributed by atoms with Gasteiger partial charge >= 0.3 is 0 Å². The van der Waals surface area contributed by atoms with Crippen molar-refractivity contribution in [2.45, 2.75) is 36.1 Å². The first-order chi connectivity index (χ1) is 9.42. The van der Waals surface area contributed by atoms with Crippen LogP contribution >= 0.6 is 11.8 Å². The third-order valence-corrected chi connectivity index (χ3v) is 5.05. The van der Waals surface area contributed by atoms with E-state index >= 15 is 0 Å². The van der Waals surface area contributed by atoms with Crippen LogP contribution < -0.4 is 0 Å². The molecule has 1 amide bonds. The third kappa shape index (κ3) is 1.88. The first-order valence-electron chi connectivity index (χ1n) is 6.35. The number of tetrazole rings is 1. The molecule has 108 valence electrons. The van der Waals surface area contributed by atoms with E-state index in [2.05, 4.69) is 39.5 Å². The number of H-pyrrole nitrogens is 1. The number of nitrogens with zero attached hydrogens (tertiary/aromatic N) is 6. The zero-order chi connectivity index (χ0) is 14.5. The molecule has 0 bridgehead atoms. The summed E-state index contributed by atoms with van der Waals surface area (Å²) in [6, 6.07) is -0.437. The molecule has 1 aromatic heterocycles. The van der Waals surface area contributed by atoms with Gasteiger partial charge in [0.1, 0.15) is 11.4 Å². The van der Waals surface area contributed by atoms with Crippen LogP contribution in [0.15, 0.2) is 4.99 Å². The van der Waals surface area contributed by atoms with Gasteiger partial charge in [-0.15, -0.1) is 16.9 Å². The topological polar surface area (TPSA) is 90.4 Å². The SMILES string of the molecule is CN(C)/C=N/C1C(=O)N2C(c3nnn[nH]3)C(C)(C)S[C@H]12. The Morgan fingerprint density at radius 1 is 1.50 bits per heavy atom. The van der Waals surface area contributed by atoms with Crippen molar-refractivity contribution in [1.29, 1.82) is 0 Å². The Labute approximate surface area is 121 Å². The van der Waals surface area contributed by atoms with Crippen LogP contribution in [0.3, 0.4) is 0 Å². The molecule has 2 unspecified atom stereocenters. The number of thioether (sulfide) groups is 1. The Kier molecular flexibility index (Phi) is 2.96. The maximum Gasteiger partial charge on any atom is 0.252 e. The molecule has 1 aromatic rings. The lowest BCUT2D eigenvalue weighted by molar-refractivity contribution is -0.147. The number of hydrogen-bond donors (Lipinski definition) is 1. The number of aromatic amines is 1. The van der Waals surface area contributed by atoms with Gasteiger partial charge < -0.3 is 9.80 Å². The summed E-state index contributed by atoms with van der Waals surface area (Å²) in [5.74, 6) is 0.668. The van der Waals surface area contributed by atoms with E-state index in [1.165, 1.54) is 0 Å². The normalized spacial score (nSPS) is 31.5. The van der Waals surface area contributed by atoms with Gasteiger partial charge in [-0.3, -0.25) is 9.79 Å². The molecule has 3 atom stereocenters. The number of β-lactam (4-membered cyclic amide) rings is 1. The molecule has 0 radical (unpaired) electrons. The molecule has 2 fully saturated rings. The molecule has 2 aliphatic heterocycles. The summed E-state index contributed by atoms with van der Waals surface area (Å²) in [4.78, 5) is 20.4. The summed E-state index contributed by atoms with van der Waals surface area (Å²) < 4.78 is -0.149. The number of aliphatic imine (C=N–C) groups is 1. The predicted molar refractivity (Wildman–Crippen MR) is 75.2 cm³/mol. The van der Waals surface area contributed by atoms with Crippen LogP contribution in [0.4, 0.5) is 0 Å². The van der Waals surface area contributed by atoms with Gasteiger partial charge in [0.15, 0.2) is 11.9 Å². The Morgan fingerprint density at radius 2 is 2.25 bits per heavy atom. The molecule has 2 aliphatic rings. The number of hydrogen-bond acceptors (Lipinski definition) is 6. The lowest BCUT2D eigenvalue weighted by Crippen LogP contribution is -2.60. The van der Waals surface area contributed by atoms with Gasteiger partial charge in [0.2, 0.25) is 0 Å². The van der Waals surface area contributed by atoms with E-state index in [1.54, 1.807) is 18.1 Å². The molecular formula is C11H17N7OS. The maximum atomic E-state index is 12.3. The van der Waals surface area contributed by atoms with Crippen LogP contribution in [0, 0.1) is 0 Å². The molecule has 3 heterocycles. The highest BCUT2D eigenvalue weighted by molar-refractivity contribution is 8.01. The zero-order valence-electron chi connectivity index (χ0n) is 11.8. The van der Waals surface area contributed by atoms with E-state index in [4.69, 9.17) is 0 Å². The molecule has 0 spiro atoms. The first kappa shape index (κ1) is 13.3. The molecule has 9 heteroatoms. The third-order valence-electron chi connectivity index (χ3n) is 3.49. The summed E-state index contributed by atoms with van der Waals surface area (Å²) in [7, 11) is 3.78. The van der Waals surface area contributed by atoms with Gasteiger partial charge in [0, 0.05) is 18.8 Å². The fraction of sp³-hybridized carbons (Fsp3) is 0.727. The Bertz CT molecular complexity index is 541. The van der Waals surface area contributed by atoms with Crippen LogP contribution in [-0.4, -0.2) is 72.9 Å². The molecule has 20 heavy (non-hydrogen) atoms. The number of nitrogens with one attached hydrogen (secondary N) is 1. The van der Waals surface area contributed by atoms with Gasteiger partial charge in [-0.2, -0.15) is 0 Å². The molecule has 0 aromatic carbocycles. The van der Waals surface area contributed by atoms with Gasteiger partial charge in [0.05, 0.1) is 6.34 Å². The number of fused-ring (bicyclic) bond motifs is 1. The minimum absolute atomic E-state index is 0.0348. The number of aromatic nitrogens is 4. The van der Waals surface area contributed by atoms with Gasteiger partial charge in [-0.05, 0) is 24.3 Å². The molecule has 3 rings (SSSR count). The average molecular weight is 295 g/mol. The zero-order valence-corrected chi connectivity index (χ0v) is 12.6. The van der Waals surface area contributed by atoms with Crippen molar-refractivity contribution >= 4 is 24.0 Å². The van der Waals surface area contributed by atoms with Gasteiger partial charge in [0.25, 0.3) is 5.91 Å². The molecule has 0 saturated carbocycles. The summed E-state index contributed by atoms with van der Waals surface area (Å²) in [5.41, 5.74) is 0. The van der Waals surface area contributed by atoms with E-state index < -0.39 is 0 Å². The standard InChI is InChI=1S/C11H17N7OS/c1-11(2)7(8-13-15-16-14-8)18-9(19)6(10(18)20-11)12-5-17(3)4/h5-7,10H,1-4H3,(H,13,14,15,16)/b12-5+/t6?,7?,10-/m1/s1. The quantitative estimate of drug-likeness (QED) is 0.475. The molecule has 8 nitrogen and oxygen atoms in total. The monoisotopic (exact) mass is 295 g/mol. The Hall–Kier alpha value is -1.64. The summed E-state index contributed by atoms with van der Waals surface area (Å²) in [6.45, 7) is 4.20. The van der Waals surface area contributed by atoms with Crippen molar-refractivity contribution in [1.82, 2.24) is 30.4 Å². The van der Waals surface area contributed by atoms with Crippen LogP contribution in [0.25, 0.3) is 0 Å². The highest BCUT2D eigenvalue weighted by Gasteiger charge is 2.62. The van der Waals surface area contributed by atoms with E-state index in [9.17, 15) is 4.79 Å². The minimum atomic E-state index is -0.303. The lowest BCUT2D eigenvalue weighted by atomic mass is 9.96. The second-order valence-electron chi connectivity index (χ2n) is 5.72. The summed E-state index contributed by atoms with van der Waals surface area (Å²) in [6.07, 6.45) is 1.69. The molecular weight excluding hydrogens is 278 g/mol. The van der Waals surface area contributed by atoms with Crippen LogP contribution in [-0.2, 0) is 4.79 Å². The summed E-state index contributed by atoms with van der Waals surface area (Å²) in [5, 5.41) is 14.0. The van der Waals surface area contributed by atoms with Crippen molar-refractivity contribution < 1.29 is 4.79 Å². The van der Waals surface area contributed by atoms with E-state index in [0.717, 1.165) is 0 Å². The fourth-order valence-corrected chi connectivity index (χ4v) is 4.29. The maximum absolute atomic E-state index is 12.3. The number of carbonyl (C=O) groups is 1. The number of rotatable bonds is 3. The largest absolute Gasteiger partial charge is 0.369 e. The van der Waals surface area contributed by atoms with Crippen molar-refractivity contribution in [3.05, 3.63) is 5.82 Å². The Morgan fingerprint density at radius 3 is 2.85 bits per heavy atom. The molecule has 1 N–H and O–H groups in total. The average Bonchev–Trinajstić information content (AvgIpc) is 2.93. The minimum Gasteiger partial charge on any atom is -0.369 e. The smallest absolute Gasteiger partial charge is 0.252 e. The number of amides is 1. The van der Waals surface area contributed by atoms with E-state index in [0.29, 0.717) is 5.82 Å². The van der Waals surface area contributed by atoms with Crippen molar-refractivity contribution in [3.8, 4) is 0 Å². The van der Waals surface area contributed by atoms with Gasteiger partial charge in [-0.25, -0.2) is 5.10 Å². The van der Waals surface area contributed by atoms with E-state index in [-0.39, 0.29) is 28.1 Å². The highest BCUT2D eigenvalue weighted by atomic mass is 32.2. The molecule has 0 aliphatic carbocycles. The number of carbonyl (C=O) groups excluding carboxylic acids is 1. The Balaban J connectivity index is 1.86. The second-order valence-corrected chi connectivity index (χ2v) is 7.49. The first-order valence-corrected chi connectivity index (χ1v) is 7.23. The van der Waals surface area contributed by atoms with Gasteiger partial charge in [-0.1, -0.05) is 0 Å². The predicted octanol–water partition coefficient (Wildman–Crippen LogP) is -0.107. The molecule has 2 saturated heterocycles. The van der Waals surface area contributed by atoms with Crippen molar-refractivity contribution in [2.24, 2.45) is 4.99 Å². The highest BCUT2D eigenvalue weighted by Crippen LogP contribution is 2.57.